The average Bonchev–Trinajstić information content (AvgIpc) is 3.57. The molecule has 3 heteroatoms. The van der Waals surface area contributed by atoms with Crippen LogP contribution in [0, 0.1) is 0 Å². The predicted molar refractivity (Wildman–Crippen MR) is 202 cm³/mol. The van der Waals surface area contributed by atoms with Crippen molar-refractivity contribution in [3.63, 3.8) is 0 Å². The van der Waals surface area contributed by atoms with Crippen molar-refractivity contribution in [1.82, 2.24) is 15.0 Å². The third-order valence-corrected chi connectivity index (χ3v) is 9.98. The molecule has 0 bridgehead atoms. The Hall–Kier alpha value is -6.45. The summed E-state index contributed by atoms with van der Waals surface area (Å²) in [6.07, 6.45) is 0.860. The first-order chi connectivity index (χ1) is 24.3. The second-order valence-corrected chi connectivity index (χ2v) is 12.8. The fourth-order valence-corrected chi connectivity index (χ4v) is 7.61. The first-order valence-corrected chi connectivity index (χ1v) is 16.7. The summed E-state index contributed by atoms with van der Waals surface area (Å²) in [5.41, 5.74) is 10.5. The molecule has 0 spiro atoms. The Balaban J connectivity index is 1.18. The maximum absolute atomic E-state index is 5.23. The van der Waals surface area contributed by atoms with Crippen LogP contribution in [0.15, 0.2) is 164 Å². The lowest BCUT2D eigenvalue weighted by molar-refractivity contribution is 1.07. The molecule has 228 valence electrons. The molecule has 8 aromatic carbocycles. The van der Waals surface area contributed by atoms with Crippen LogP contribution in [-0.2, 0) is 6.42 Å². The summed E-state index contributed by atoms with van der Waals surface area (Å²) in [6, 6.07) is 58.2. The summed E-state index contributed by atoms with van der Waals surface area (Å²) < 4.78 is 0. The minimum Gasteiger partial charge on any atom is -0.208 e. The van der Waals surface area contributed by atoms with Crippen LogP contribution in [0.25, 0.3) is 88.7 Å². The van der Waals surface area contributed by atoms with Gasteiger partial charge in [-0.2, -0.15) is 0 Å². The monoisotopic (exact) mass is 623 g/mol. The molecule has 1 heterocycles. The van der Waals surface area contributed by atoms with Gasteiger partial charge in [-0.1, -0.05) is 158 Å². The fourth-order valence-electron chi connectivity index (χ4n) is 7.61. The van der Waals surface area contributed by atoms with E-state index in [9.17, 15) is 0 Å². The third-order valence-electron chi connectivity index (χ3n) is 9.98. The van der Waals surface area contributed by atoms with Crippen molar-refractivity contribution >= 4 is 32.3 Å². The van der Waals surface area contributed by atoms with E-state index < -0.39 is 0 Å². The van der Waals surface area contributed by atoms with E-state index in [1.54, 1.807) is 0 Å². The number of nitrogens with zero attached hydrogens (tertiary/aromatic N) is 3. The first-order valence-electron chi connectivity index (χ1n) is 16.7. The highest BCUT2D eigenvalue weighted by atomic mass is 15.0. The summed E-state index contributed by atoms with van der Waals surface area (Å²) in [4.78, 5) is 15.6. The second-order valence-electron chi connectivity index (χ2n) is 12.8. The average molecular weight is 624 g/mol. The quantitative estimate of drug-likeness (QED) is 0.183. The number of benzene rings is 8. The number of fused-ring (bicyclic) bond motifs is 9. The van der Waals surface area contributed by atoms with Crippen molar-refractivity contribution in [2.24, 2.45) is 0 Å². The van der Waals surface area contributed by atoms with Crippen LogP contribution < -0.4 is 0 Å². The van der Waals surface area contributed by atoms with Crippen molar-refractivity contribution in [2.45, 2.75) is 6.42 Å². The summed E-state index contributed by atoms with van der Waals surface area (Å²) in [6.45, 7) is 0. The van der Waals surface area contributed by atoms with Crippen molar-refractivity contribution in [3.05, 3.63) is 175 Å². The highest BCUT2D eigenvalue weighted by molar-refractivity contribution is 6.25. The van der Waals surface area contributed by atoms with Crippen LogP contribution >= 0.6 is 0 Å². The Kier molecular flexibility index (Phi) is 6.25. The fraction of sp³-hybridized carbons (Fsp3) is 0.0217. The zero-order valence-electron chi connectivity index (χ0n) is 26.6. The van der Waals surface area contributed by atoms with Crippen molar-refractivity contribution < 1.29 is 0 Å². The maximum Gasteiger partial charge on any atom is 0.164 e. The van der Waals surface area contributed by atoms with Crippen LogP contribution in [0.2, 0.25) is 0 Å². The van der Waals surface area contributed by atoms with Gasteiger partial charge in [0.25, 0.3) is 0 Å². The molecule has 0 amide bonds. The van der Waals surface area contributed by atoms with Gasteiger partial charge in [-0.15, -0.1) is 0 Å². The molecule has 10 rings (SSSR count). The summed E-state index contributed by atoms with van der Waals surface area (Å²) in [7, 11) is 0. The van der Waals surface area contributed by atoms with E-state index >= 15 is 0 Å². The molecule has 0 atom stereocenters. The normalized spacial score (nSPS) is 12.0. The number of rotatable bonds is 4. The Bertz CT molecular complexity index is 2690. The van der Waals surface area contributed by atoms with Gasteiger partial charge < -0.3 is 0 Å². The SMILES string of the molecule is c1ccc(-c2ccc(-c3nc(-c4ccc5c6ccccc6c6ccccc6c5c4)nc(-c4cccc5c4Cc4ccccc4-5)n3)cc2)cc1. The second kappa shape index (κ2) is 11.1. The molecular formula is C46H29N3. The van der Waals surface area contributed by atoms with E-state index in [0.29, 0.717) is 17.5 Å². The van der Waals surface area contributed by atoms with Crippen LogP contribution in [-0.4, -0.2) is 15.0 Å². The maximum atomic E-state index is 5.23. The number of hydrogen-bond acceptors (Lipinski definition) is 3. The summed E-state index contributed by atoms with van der Waals surface area (Å²) >= 11 is 0. The smallest absolute Gasteiger partial charge is 0.164 e. The van der Waals surface area contributed by atoms with E-state index in [4.69, 9.17) is 15.0 Å². The Morgan fingerprint density at radius 2 is 0.796 bits per heavy atom. The standard InChI is InChI=1S/C46H29N3/c1-2-11-29(12-3-1)30-21-23-31(24-22-30)44-47-45(49-46(48-44)41-20-10-19-35-34-14-5-4-13-32(34)27-43(35)41)33-25-26-40-38-17-7-6-15-36(38)37-16-8-9-18-39(37)42(40)28-33/h1-26,28H,27H2. The van der Waals surface area contributed by atoms with E-state index in [-0.39, 0.29) is 0 Å². The first kappa shape index (κ1) is 27.6. The molecule has 1 aromatic heterocycles. The summed E-state index contributed by atoms with van der Waals surface area (Å²) in [5.74, 6) is 2.02. The highest BCUT2D eigenvalue weighted by Gasteiger charge is 2.23. The molecule has 0 unspecified atom stereocenters. The minimum atomic E-state index is 0.663. The third kappa shape index (κ3) is 4.55. The summed E-state index contributed by atoms with van der Waals surface area (Å²) in [5, 5.41) is 7.40. The van der Waals surface area contributed by atoms with Gasteiger partial charge in [-0.3, -0.25) is 0 Å². The largest absolute Gasteiger partial charge is 0.208 e. The van der Waals surface area contributed by atoms with Crippen molar-refractivity contribution in [1.29, 1.82) is 0 Å². The van der Waals surface area contributed by atoms with Crippen molar-refractivity contribution in [2.75, 3.05) is 0 Å². The lowest BCUT2D eigenvalue weighted by atomic mass is 9.93. The molecule has 0 saturated carbocycles. The molecule has 1 aliphatic carbocycles. The van der Waals surface area contributed by atoms with E-state index in [1.165, 1.54) is 60.1 Å². The van der Waals surface area contributed by atoms with Gasteiger partial charge in [0.15, 0.2) is 17.5 Å². The van der Waals surface area contributed by atoms with Gasteiger partial charge in [-0.05, 0) is 78.2 Å². The van der Waals surface area contributed by atoms with Crippen LogP contribution in [0.3, 0.4) is 0 Å². The predicted octanol–water partition coefficient (Wildman–Crippen LogP) is 11.6. The number of aromatic nitrogens is 3. The van der Waals surface area contributed by atoms with Crippen LogP contribution in [0.1, 0.15) is 11.1 Å². The van der Waals surface area contributed by atoms with Gasteiger partial charge in [0, 0.05) is 16.7 Å². The zero-order chi connectivity index (χ0) is 32.3. The van der Waals surface area contributed by atoms with Crippen LogP contribution in [0.5, 0.6) is 0 Å². The topological polar surface area (TPSA) is 38.7 Å². The molecule has 1 aliphatic rings. The molecule has 3 nitrogen and oxygen atoms in total. The van der Waals surface area contributed by atoms with E-state index in [2.05, 4.69) is 158 Å². The molecule has 0 saturated heterocycles. The van der Waals surface area contributed by atoms with Gasteiger partial charge in [0.05, 0.1) is 0 Å². The molecular weight excluding hydrogens is 595 g/mol. The van der Waals surface area contributed by atoms with Crippen LogP contribution in [0.4, 0.5) is 0 Å². The molecule has 9 aromatic rings. The van der Waals surface area contributed by atoms with E-state index in [1.807, 2.05) is 6.07 Å². The molecule has 0 aliphatic heterocycles. The number of hydrogen-bond donors (Lipinski definition) is 0. The van der Waals surface area contributed by atoms with Crippen molar-refractivity contribution in [3.8, 4) is 56.4 Å². The van der Waals surface area contributed by atoms with Gasteiger partial charge in [0.2, 0.25) is 0 Å². The lowest BCUT2D eigenvalue weighted by Gasteiger charge is -2.13. The van der Waals surface area contributed by atoms with Gasteiger partial charge in [-0.25, -0.2) is 15.0 Å². The molecule has 49 heavy (non-hydrogen) atoms. The van der Waals surface area contributed by atoms with Gasteiger partial charge >= 0.3 is 0 Å². The molecule has 0 N–H and O–H groups in total. The zero-order valence-corrected chi connectivity index (χ0v) is 26.6. The lowest BCUT2D eigenvalue weighted by Crippen LogP contribution is -2.02. The molecule has 0 fully saturated rings. The molecule has 0 radical (unpaired) electrons. The highest BCUT2D eigenvalue weighted by Crippen LogP contribution is 2.42. The Morgan fingerprint density at radius 1 is 0.306 bits per heavy atom. The minimum absolute atomic E-state index is 0.663. The Morgan fingerprint density at radius 3 is 1.53 bits per heavy atom. The van der Waals surface area contributed by atoms with E-state index in [0.717, 1.165) is 28.7 Å². The Labute approximate surface area is 284 Å². The van der Waals surface area contributed by atoms with Gasteiger partial charge in [0.1, 0.15) is 0 Å².